The fourth-order valence-electron chi connectivity index (χ4n) is 2.94. The maximum Gasteiger partial charge on any atom is 0.242 e. The molecule has 0 bridgehead atoms. The summed E-state index contributed by atoms with van der Waals surface area (Å²) >= 11 is 0. The number of rotatable bonds is 2. The molecule has 2 amide bonds. The molecule has 5 nitrogen and oxygen atoms in total. The van der Waals surface area contributed by atoms with Gasteiger partial charge in [-0.1, -0.05) is 6.42 Å². The lowest BCUT2D eigenvalue weighted by Crippen LogP contribution is -2.57. The molecule has 1 unspecified atom stereocenters. The van der Waals surface area contributed by atoms with Gasteiger partial charge in [0.05, 0.1) is 0 Å². The van der Waals surface area contributed by atoms with Gasteiger partial charge in [-0.2, -0.15) is 0 Å². The maximum absolute atomic E-state index is 12.4. The summed E-state index contributed by atoms with van der Waals surface area (Å²) in [5, 5.41) is 2.77. The Bertz CT molecular complexity index is 319. The van der Waals surface area contributed by atoms with Gasteiger partial charge >= 0.3 is 0 Å². The highest BCUT2D eigenvalue weighted by Gasteiger charge is 2.38. The van der Waals surface area contributed by atoms with E-state index in [0.717, 1.165) is 19.3 Å². The molecule has 1 heterocycles. The molecular formula is C12H21N3O2. The second-order valence-corrected chi connectivity index (χ2v) is 5.03. The van der Waals surface area contributed by atoms with Crippen LogP contribution in [0.15, 0.2) is 0 Å². The maximum atomic E-state index is 12.4. The Labute approximate surface area is 102 Å². The van der Waals surface area contributed by atoms with E-state index < -0.39 is 0 Å². The van der Waals surface area contributed by atoms with E-state index >= 15 is 0 Å². The van der Waals surface area contributed by atoms with Gasteiger partial charge < -0.3 is 16.0 Å². The first-order valence-electron chi connectivity index (χ1n) is 6.43. The van der Waals surface area contributed by atoms with Gasteiger partial charge in [0.1, 0.15) is 6.04 Å². The van der Waals surface area contributed by atoms with Gasteiger partial charge in [-0.25, -0.2) is 0 Å². The van der Waals surface area contributed by atoms with Crippen LogP contribution in [0, 0.1) is 11.8 Å². The normalized spacial score (nSPS) is 33.6. The molecule has 2 rings (SSSR count). The highest BCUT2D eigenvalue weighted by Crippen LogP contribution is 2.32. The molecule has 0 aromatic carbocycles. The average molecular weight is 239 g/mol. The van der Waals surface area contributed by atoms with Crippen LogP contribution in [0.4, 0.5) is 0 Å². The van der Waals surface area contributed by atoms with E-state index in [9.17, 15) is 9.59 Å². The van der Waals surface area contributed by atoms with Crippen LogP contribution in [0.3, 0.4) is 0 Å². The lowest BCUT2D eigenvalue weighted by atomic mass is 9.94. The number of carbonyl (C=O) groups is 2. The van der Waals surface area contributed by atoms with Gasteiger partial charge in [-0.3, -0.25) is 9.59 Å². The molecule has 0 aromatic heterocycles. The highest BCUT2D eigenvalue weighted by molar-refractivity contribution is 5.89. The highest BCUT2D eigenvalue weighted by atomic mass is 16.2. The number of nitrogens with one attached hydrogen (secondary N) is 1. The molecule has 5 heteroatoms. The number of carbonyl (C=O) groups excluding carboxylic acids is 2. The smallest absolute Gasteiger partial charge is 0.242 e. The van der Waals surface area contributed by atoms with Gasteiger partial charge in [0.15, 0.2) is 0 Å². The third kappa shape index (κ3) is 2.29. The lowest BCUT2D eigenvalue weighted by Gasteiger charge is -2.35. The second-order valence-electron chi connectivity index (χ2n) is 5.03. The second kappa shape index (κ2) is 5.04. The molecule has 1 aliphatic heterocycles. The largest absolute Gasteiger partial charge is 0.353 e. The van der Waals surface area contributed by atoms with Gasteiger partial charge in [-0.05, 0) is 32.2 Å². The van der Waals surface area contributed by atoms with Crippen LogP contribution in [0.25, 0.3) is 0 Å². The van der Waals surface area contributed by atoms with Crippen LogP contribution < -0.4 is 11.1 Å². The SMILES string of the molecule is CC1C(=O)NCCN1C(=O)[C@@H]1CCC[C@@H]1CN. The lowest BCUT2D eigenvalue weighted by molar-refractivity contribution is -0.146. The molecule has 1 aliphatic carbocycles. The van der Waals surface area contributed by atoms with Gasteiger partial charge in [0.25, 0.3) is 0 Å². The molecule has 2 fully saturated rings. The zero-order valence-corrected chi connectivity index (χ0v) is 10.3. The van der Waals surface area contributed by atoms with Crippen molar-refractivity contribution in [3.05, 3.63) is 0 Å². The molecule has 96 valence electrons. The van der Waals surface area contributed by atoms with Crippen molar-refractivity contribution >= 4 is 11.8 Å². The van der Waals surface area contributed by atoms with E-state index in [0.29, 0.717) is 25.6 Å². The zero-order valence-electron chi connectivity index (χ0n) is 10.3. The number of nitrogens with two attached hydrogens (primary N) is 1. The predicted molar refractivity (Wildman–Crippen MR) is 64.1 cm³/mol. The molecule has 0 aromatic rings. The van der Waals surface area contributed by atoms with Crippen LogP contribution in [0.1, 0.15) is 26.2 Å². The Morgan fingerprint density at radius 1 is 1.53 bits per heavy atom. The molecule has 1 saturated heterocycles. The number of hydrogen-bond donors (Lipinski definition) is 2. The molecule has 3 N–H and O–H groups in total. The van der Waals surface area contributed by atoms with Gasteiger partial charge in [0, 0.05) is 19.0 Å². The molecule has 1 saturated carbocycles. The van der Waals surface area contributed by atoms with Crippen molar-refractivity contribution in [2.45, 2.75) is 32.2 Å². The molecule has 3 atom stereocenters. The standard InChI is InChI=1S/C12H21N3O2/c1-8-11(16)14-5-6-15(8)12(17)10-4-2-3-9(10)7-13/h8-10H,2-7,13H2,1H3,(H,14,16)/t8?,9-,10-/m1/s1. The minimum absolute atomic E-state index is 0.0355. The summed E-state index contributed by atoms with van der Waals surface area (Å²) in [6, 6.07) is -0.338. The first-order chi connectivity index (χ1) is 8.15. The Morgan fingerprint density at radius 2 is 2.29 bits per heavy atom. The Hall–Kier alpha value is -1.10. The Kier molecular flexibility index (Phi) is 3.66. The molecular weight excluding hydrogens is 218 g/mol. The van der Waals surface area contributed by atoms with E-state index in [1.165, 1.54) is 0 Å². The fraction of sp³-hybridized carbons (Fsp3) is 0.833. The van der Waals surface area contributed by atoms with Crippen molar-refractivity contribution in [3.8, 4) is 0 Å². The third-order valence-electron chi connectivity index (χ3n) is 4.06. The van der Waals surface area contributed by atoms with Crippen LogP contribution in [-0.4, -0.2) is 42.4 Å². The molecule has 0 spiro atoms. The first-order valence-corrected chi connectivity index (χ1v) is 6.43. The van der Waals surface area contributed by atoms with Gasteiger partial charge in [-0.15, -0.1) is 0 Å². The van der Waals surface area contributed by atoms with Crippen molar-refractivity contribution in [3.63, 3.8) is 0 Å². The third-order valence-corrected chi connectivity index (χ3v) is 4.06. The van der Waals surface area contributed by atoms with Crippen molar-refractivity contribution in [1.82, 2.24) is 10.2 Å². The zero-order chi connectivity index (χ0) is 12.4. The van der Waals surface area contributed by atoms with E-state index in [4.69, 9.17) is 5.73 Å². The predicted octanol–water partition coefficient (Wildman–Crippen LogP) is -0.292. The van der Waals surface area contributed by atoms with E-state index in [1.54, 1.807) is 11.8 Å². The summed E-state index contributed by atoms with van der Waals surface area (Å²) in [5.74, 6) is 0.417. The topological polar surface area (TPSA) is 75.4 Å². The molecule has 2 aliphatic rings. The van der Waals surface area contributed by atoms with Crippen LogP contribution in [0.2, 0.25) is 0 Å². The summed E-state index contributed by atoms with van der Waals surface area (Å²) in [5.41, 5.74) is 5.70. The number of piperazine rings is 1. The summed E-state index contributed by atoms with van der Waals surface area (Å²) in [4.78, 5) is 25.7. The monoisotopic (exact) mass is 239 g/mol. The van der Waals surface area contributed by atoms with Crippen molar-refractivity contribution in [2.24, 2.45) is 17.6 Å². The van der Waals surface area contributed by atoms with E-state index in [2.05, 4.69) is 5.32 Å². The van der Waals surface area contributed by atoms with Crippen molar-refractivity contribution < 1.29 is 9.59 Å². The summed E-state index contributed by atoms with van der Waals surface area (Å²) < 4.78 is 0. The first kappa shape index (κ1) is 12.4. The van der Waals surface area contributed by atoms with E-state index in [1.807, 2.05) is 0 Å². The van der Waals surface area contributed by atoms with Crippen molar-refractivity contribution in [1.29, 1.82) is 0 Å². The van der Waals surface area contributed by atoms with Crippen LogP contribution >= 0.6 is 0 Å². The number of amides is 2. The fourth-order valence-corrected chi connectivity index (χ4v) is 2.94. The minimum atomic E-state index is -0.338. The average Bonchev–Trinajstić information content (AvgIpc) is 2.80. The van der Waals surface area contributed by atoms with Crippen LogP contribution in [-0.2, 0) is 9.59 Å². The van der Waals surface area contributed by atoms with E-state index in [-0.39, 0.29) is 23.8 Å². The minimum Gasteiger partial charge on any atom is -0.353 e. The molecule has 17 heavy (non-hydrogen) atoms. The van der Waals surface area contributed by atoms with Gasteiger partial charge in [0.2, 0.25) is 11.8 Å². The van der Waals surface area contributed by atoms with Crippen molar-refractivity contribution in [2.75, 3.05) is 19.6 Å². The molecule has 0 radical (unpaired) electrons. The number of nitrogens with zero attached hydrogens (tertiary/aromatic N) is 1. The van der Waals surface area contributed by atoms with Crippen LogP contribution in [0.5, 0.6) is 0 Å². The summed E-state index contributed by atoms with van der Waals surface area (Å²) in [6.07, 6.45) is 3.04. The Balaban J connectivity index is 2.06. The Morgan fingerprint density at radius 3 is 3.00 bits per heavy atom. The quantitative estimate of drug-likeness (QED) is 0.695. The number of hydrogen-bond acceptors (Lipinski definition) is 3. The summed E-state index contributed by atoms with van der Waals surface area (Å²) in [7, 11) is 0. The summed E-state index contributed by atoms with van der Waals surface area (Å²) in [6.45, 7) is 3.55.